The largest absolute Gasteiger partial charge is 0.234 e. The van der Waals surface area contributed by atoms with Gasteiger partial charge in [0, 0.05) is 9.75 Å². The molecular formula is C10H12N2S4. The summed E-state index contributed by atoms with van der Waals surface area (Å²) < 4.78 is 2.23. The van der Waals surface area contributed by atoms with Crippen LogP contribution in [-0.2, 0) is 0 Å². The van der Waals surface area contributed by atoms with Crippen LogP contribution in [0.15, 0.2) is 8.68 Å². The molecule has 0 aliphatic carbocycles. The van der Waals surface area contributed by atoms with Crippen LogP contribution >= 0.6 is 44.3 Å². The van der Waals surface area contributed by atoms with Gasteiger partial charge < -0.3 is 0 Å². The molecule has 0 saturated heterocycles. The van der Waals surface area contributed by atoms with Gasteiger partial charge in [-0.1, -0.05) is 0 Å². The van der Waals surface area contributed by atoms with E-state index in [-0.39, 0.29) is 0 Å². The van der Waals surface area contributed by atoms with Crippen LogP contribution in [0.25, 0.3) is 0 Å². The van der Waals surface area contributed by atoms with Crippen molar-refractivity contribution in [3.63, 3.8) is 0 Å². The Kier molecular flexibility index (Phi) is 3.94. The van der Waals surface area contributed by atoms with Crippen LogP contribution in [0.1, 0.15) is 21.1 Å². The zero-order valence-corrected chi connectivity index (χ0v) is 12.8. The topological polar surface area (TPSA) is 25.8 Å². The first-order chi connectivity index (χ1) is 7.56. The summed E-state index contributed by atoms with van der Waals surface area (Å²) >= 11 is 3.50. The first-order valence-corrected chi connectivity index (χ1v) is 8.57. The summed E-state index contributed by atoms with van der Waals surface area (Å²) in [6.07, 6.45) is 0. The van der Waals surface area contributed by atoms with Crippen molar-refractivity contribution in [1.29, 1.82) is 0 Å². The van der Waals surface area contributed by atoms with Gasteiger partial charge in [0.2, 0.25) is 0 Å². The average Bonchev–Trinajstić information content (AvgIpc) is 2.70. The maximum Gasteiger partial charge on any atom is 0.161 e. The van der Waals surface area contributed by atoms with Gasteiger partial charge in [-0.25, -0.2) is 9.97 Å². The normalized spacial score (nSPS) is 11.0. The maximum absolute atomic E-state index is 4.49. The molecule has 0 atom stereocenters. The zero-order chi connectivity index (χ0) is 11.7. The van der Waals surface area contributed by atoms with E-state index in [0.29, 0.717) is 0 Å². The van der Waals surface area contributed by atoms with Gasteiger partial charge in [0.05, 0.1) is 11.4 Å². The predicted octanol–water partition coefficient (Wildman–Crippen LogP) is 4.63. The van der Waals surface area contributed by atoms with Gasteiger partial charge in [-0.2, -0.15) is 0 Å². The molecule has 0 aromatic carbocycles. The standard InChI is InChI=1S/C10H12N2S4/c1-5-7(3)13-9(11-5)15-16-10-12-6(2)8(4)14-10/h1-4H3. The highest BCUT2D eigenvalue weighted by Gasteiger charge is 2.08. The number of aryl methyl sites for hydroxylation is 4. The van der Waals surface area contributed by atoms with Crippen molar-refractivity contribution >= 4 is 44.3 Å². The second-order valence-corrected chi connectivity index (χ2v) is 8.44. The molecule has 0 radical (unpaired) electrons. The quantitative estimate of drug-likeness (QED) is 0.769. The lowest BCUT2D eigenvalue weighted by Crippen LogP contribution is -1.72. The Morgan fingerprint density at radius 3 is 1.38 bits per heavy atom. The fourth-order valence-electron chi connectivity index (χ4n) is 1.03. The zero-order valence-electron chi connectivity index (χ0n) is 9.53. The molecule has 0 bridgehead atoms. The van der Waals surface area contributed by atoms with Gasteiger partial charge in [0.15, 0.2) is 8.68 Å². The van der Waals surface area contributed by atoms with Crippen molar-refractivity contribution in [2.75, 3.05) is 0 Å². The molecular weight excluding hydrogens is 276 g/mol. The van der Waals surface area contributed by atoms with Crippen molar-refractivity contribution in [2.45, 2.75) is 36.4 Å². The highest BCUT2D eigenvalue weighted by molar-refractivity contribution is 8.77. The fourth-order valence-corrected chi connectivity index (χ4v) is 5.69. The first kappa shape index (κ1) is 12.4. The lowest BCUT2D eigenvalue weighted by Gasteiger charge is -1.90. The molecule has 6 heteroatoms. The van der Waals surface area contributed by atoms with Crippen LogP contribution in [0.2, 0.25) is 0 Å². The molecule has 0 N–H and O–H groups in total. The predicted molar refractivity (Wildman–Crippen MR) is 74.9 cm³/mol. The Morgan fingerprint density at radius 1 is 0.750 bits per heavy atom. The third kappa shape index (κ3) is 2.80. The Labute approximate surface area is 111 Å². The summed E-state index contributed by atoms with van der Waals surface area (Å²) in [5.74, 6) is 0. The third-order valence-electron chi connectivity index (χ3n) is 2.20. The van der Waals surface area contributed by atoms with E-state index >= 15 is 0 Å². The molecule has 86 valence electrons. The van der Waals surface area contributed by atoms with E-state index < -0.39 is 0 Å². The van der Waals surface area contributed by atoms with Crippen molar-refractivity contribution in [3.8, 4) is 0 Å². The minimum absolute atomic E-state index is 1.12. The maximum atomic E-state index is 4.49. The van der Waals surface area contributed by atoms with Crippen molar-refractivity contribution in [1.82, 2.24) is 9.97 Å². The van der Waals surface area contributed by atoms with E-state index in [2.05, 4.69) is 37.7 Å². The molecule has 0 unspecified atom stereocenters. The van der Waals surface area contributed by atoms with Gasteiger partial charge in [-0.15, -0.1) is 22.7 Å². The minimum Gasteiger partial charge on any atom is -0.234 e. The molecule has 0 saturated carbocycles. The number of hydrogen-bond acceptors (Lipinski definition) is 6. The second-order valence-electron chi connectivity index (χ2n) is 3.41. The summed E-state index contributed by atoms with van der Waals surface area (Å²) in [6.45, 7) is 8.33. The summed E-state index contributed by atoms with van der Waals surface area (Å²) in [6, 6.07) is 0. The molecule has 2 nitrogen and oxygen atoms in total. The number of aromatic nitrogens is 2. The van der Waals surface area contributed by atoms with Gasteiger partial charge in [0.1, 0.15) is 0 Å². The van der Waals surface area contributed by atoms with Gasteiger partial charge in [-0.05, 0) is 49.3 Å². The van der Waals surface area contributed by atoms with Gasteiger partial charge in [0.25, 0.3) is 0 Å². The van der Waals surface area contributed by atoms with Crippen LogP contribution in [0.4, 0.5) is 0 Å². The van der Waals surface area contributed by atoms with Crippen LogP contribution < -0.4 is 0 Å². The second kappa shape index (κ2) is 5.08. The van der Waals surface area contributed by atoms with E-state index in [1.807, 2.05) is 0 Å². The first-order valence-electron chi connectivity index (χ1n) is 4.79. The summed E-state index contributed by atoms with van der Waals surface area (Å²) in [7, 11) is 3.41. The number of hydrogen-bond donors (Lipinski definition) is 0. The molecule has 2 aromatic heterocycles. The van der Waals surface area contributed by atoms with E-state index in [9.17, 15) is 0 Å². The molecule has 0 fully saturated rings. The van der Waals surface area contributed by atoms with Crippen LogP contribution in [0.3, 0.4) is 0 Å². The van der Waals surface area contributed by atoms with E-state index in [1.54, 1.807) is 44.3 Å². The molecule has 2 rings (SSSR count). The van der Waals surface area contributed by atoms with Crippen molar-refractivity contribution in [3.05, 3.63) is 21.1 Å². The lowest BCUT2D eigenvalue weighted by atomic mass is 10.4. The van der Waals surface area contributed by atoms with Gasteiger partial charge >= 0.3 is 0 Å². The van der Waals surface area contributed by atoms with Crippen LogP contribution in [0.5, 0.6) is 0 Å². The summed E-state index contributed by atoms with van der Waals surface area (Å²) in [5.41, 5.74) is 2.28. The molecule has 0 spiro atoms. The molecule has 2 heterocycles. The van der Waals surface area contributed by atoms with E-state index in [4.69, 9.17) is 0 Å². The molecule has 0 amide bonds. The van der Waals surface area contributed by atoms with Gasteiger partial charge in [-0.3, -0.25) is 0 Å². The molecule has 0 aliphatic heterocycles. The fraction of sp³-hybridized carbons (Fsp3) is 0.400. The number of thiazole rings is 2. The Morgan fingerprint density at radius 2 is 1.12 bits per heavy atom. The summed E-state index contributed by atoms with van der Waals surface area (Å²) in [5, 5.41) is 0. The molecule has 16 heavy (non-hydrogen) atoms. The Balaban J connectivity index is 2.02. The monoisotopic (exact) mass is 288 g/mol. The van der Waals surface area contributed by atoms with E-state index in [1.165, 1.54) is 9.75 Å². The SMILES string of the molecule is Cc1nc(SSc2nc(C)c(C)s2)sc1C. The third-order valence-corrected chi connectivity index (χ3v) is 7.32. The lowest BCUT2D eigenvalue weighted by molar-refractivity contribution is 1.14. The highest BCUT2D eigenvalue weighted by Crippen LogP contribution is 2.41. The number of rotatable bonds is 3. The summed E-state index contributed by atoms with van der Waals surface area (Å²) in [4.78, 5) is 11.6. The van der Waals surface area contributed by atoms with Crippen molar-refractivity contribution < 1.29 is 0 Å². The number of nitrogens with zero attached hydrogens (tertiary/aromatic N) is 2. The Bertz CT molecular complexity index is 416. The van der Waals surface area contributed by atoms with E-state index in [0.717, 1.165) is 20.1 Å². The minimum atomic E-state index is 1.12. The highest BCUT2D eigenvalue weighted by atomic mass is 33.1. The Hall–Kier alpha value is -0.0400. The average molecular weight is 288 g/mol. The van der Waals surface area contributed by atoms with Crippen LogP contribution in [-0.4, -0.2) is 9.97 Å². The molecule has 0 aliphatic rings. The van der Waals surface area contributed by atoms with Crippen LogP contribution in [0, 0.1) is 27.7 Å². The van der Waals surface area contributed by atoms with Crippen molar-refractivity contribution in [2.24, 2.45) is 0 Å². The smallest absolute Gasteiger partial charge is 0.161 e. The molecule has 2 aromatic rings.